The number of benzene rings is 2. The molecule has 1 aliphatic rings. The van der Waals surface area contributed by atoms with Gasteiger partial charge in [-0.3, -0.25) is 4.79 Å². The topological polar surface area (TPSA) is 73.1 Å². The third kappa shape index (κ3) is 6.25. The summed E-state index contributed by atoms with van der Waals surface area (Å²) < 4.78 is 38.7. The quantitative estimate of drug-likeness (QED) is 0.428. The maximum atomic E-state index is 12.9. The number of fused-ring (bicyclic) bond motifs is 1. The van der Waals surface area contributed by atoms with E-state index in [0.29, 0.717) is 18.1 Å². The van der Waals surface area contributed by atoms with E-state index in [0.717, 1.165) is 62.4 Å². The predicted molar refractivity (Wildman–Crippen MR) is 122 cm³/mol. The van der Waals surface area contributed by atoms with Crippen molar-refractivity contribution in [3.8, 4) is 0 Å². The van der Waals surface area contributed by atoms with E-state index < -0.39 is 11.7 Å². The van der Waals surface area contributed by atoms with Crippen LogP contribution >= 0.6 is 0 Å². The standard InChI is InChI=1S/C24H28F3N5O/c25-24(26,27)17-6-5-7-19(16-17)29-18-10-14-32(15-11-18)13-4-3-12-28-23(33)22-30-20-8-1-2-9-21(20)31-22/h1-2,5-9,16,18,29H,3-4,10-15H2,(H,28,33)(H,30,31). The number of para-hydroxylation sites is 2. The van der Waals surface area contributed by atoms with Gasteiger partial charge in [-0.1, -0.05) is 18.2 Å². The zero-order valence-electron chi connectivity index (χ0n) is 18.3. The first-order valence-electron chi connectivity index (χ1n) is 11.3. The number of rotatable bonds is 8. The van der Waals surface area contributed by atoms with Crippen molar-refractivity contribution in [3.05, 3.63) is 59.9 Å². The molecule has 33 heavy (non-hydrogen) atoms. The summed E-state index contributed by atoms with van der Waals surface area (Å²) in [5, 5.41) is 6.15. The molecule has 1 saturated heterocycles. The number of alkyl halides is 3. The van der Waals surface area contributed by atoms with Crippen molar-refractivity contribution in [2.75, 3.05) is 31.5 Å². The van der Waals surface area contributed by atoms with Gasteiger partial charge >= 0.3 is 6.18 Å². The second-order valence-corrected chi connectivity index (χ2v) is 8.40. The highest BCUT2D eigenvalue weighted by Gasteiger charge is 2.30. The predicted octanol–water partition coefficient (Wildman–Crippen LogP) is 4.67. The number of nitrogens with zero attached hydrogens (tertiary/aromatic N) is 2. The van der Waals surface area contributed by atoms with E-state index in [1.54, 1.807) is 6.07 Å². The van der Waals surface area contributed by atoms with Crippen LogP contribution in [0.5, 0.6) is 0 Å². The molecule has 0 radical (unpaired) electrons. The number of carbonyl (C=O) groups excluding carboxylic acids is 1. The first-order valence-corrected chi connectivity index (χ1v) is 11.3. The number of aromatic nitrogens is 2. The van der Waals surface area contributed by atoms with Gasteiger partial charge in [0, 0.05) is 31.4 Å². The zero-order chi connectivity index (χ0) is 23.3. The molecule has 1 amide bonds. The van der Waals surface area contributed by atoms with Gasteiger partial charge < -0.3 is 20.5 Å². The second-order valence-electron chi connectivity index (χ2n) is 8.40. The van der Waals surface area contributed by atoms with Crippen molar-refractivity contribution < 1.29 is 18.0 Å². The number of amides is 1. The number of carbonyl (C=O) groups is 1. The molecule has 1 aromatic heterocycles. The van der Waals surface area contributed by atoms with Crippen molar-refractivity contribution in [1.82, 2.24) is 20.2 Å². The highest BCUT2D eigenvalue weighted by Crippen LogP contribution is 2.31. The molecule has 0 atom stereocenters. The second kappa shape index (κ2) is 10.2. The first-order chi connectivity index (χ1) is 15.9. The van der Waals surface area contributed by atoms with Crippen LogP contribution in [0.3, 0.4) is 0 Å². The Morgan fingerprint density at radius 2 is 1.88 bits per heavy atom. The maximum Gasteiger partial charge on any atom is 0.416 e. The minimum atomic E-state index is -4.33. The number of nitrogens with one attached hydrogen (secondary N) is 3. The van der Waals surface area contributed by atoms with Crippen molar-refractivity contribution >= 4 is 22.6 Å². The Hall–Kier alpha value is -3.07. The first kappa shape index (κ1) is 23.1. The minimum absolute atomic E-state index is 0.174. The molecular weight excluding hydrogens is 431 g/mol. The maximum absolute atomic E-state index is 12.9. The summed E-state index contributed by atoms with van der Waals surface area (Å²) in [4.78, 5) is 22.0. The van der Waals surface area contributed by atoms with E-state index in [-0.39, 0.29) is 11.9 Å². The van der Waals surface area contributed by atoms with Crippen LogP contribution in [-0.2, 0) is 6.18 Å². The van der Waals surface area contributed by atoms with E-state index in [1.165, 1.54) is 12.1 Å². The smallest absolute Gasteiger partial charge is 0.382 e. The van der Waals surface area contributed by atoms with Crippen molar-refractivity contribution in [2.45, 2.75) is 37.9 Å². The van der Waals surface area contributed by atoms with E-state index >= 15 is 0 Å². The van der Waals surface area contributed by atoms with Crippen LogP contribution in [0.15, 0.2) is 48.5 Å². The summed E-state index contributed by atoms with van der Waals surface area (Å²) in [6.07, 6.45) is -0.717. The third-order valence-corrected chi connectivity index (χ3v) is 5.94. The normalized spacial score (nSPS) is 15.6. The number of piperidine rings is 1. The van der Waals surface area contributed by atoms with Crippen LogP contribution in [-0.4, -0.2) is 53.0 Å². The lowest BCUT2D eigenvalue weighted by atomic mass is 10.0. The molecule has 1 aliphatic heterocycles. The van der Waals surface area contributed by atoms with Crippen LogP contribution in [0.2, 0.25) is 0 Å². The molecule has 9 heteroatoms. The van der Waals surface area contributed by atoms with Crippen molar-refractivity contribution in [2.24, 2.45) is 0 Å². The Kier molecular flexibility index (Phi) is 7.17. The molecule has 0 saturated carbocycles. The molecule has 0 unspecified atom stereocenters. The fourth-order valence-electron chi connectivity index (χ4n) is 4.13. The molecule has 4 rings (SSSR count). The molecule has 0 bridgehead atoms. The van der Waals surface area contributed by atoms with E-state index in [4.69, 9.17) is 0 Å². The largest absolute Gasteiger partial charge is 0.416 e. The Morgan fingerprint density at radius 1 is 1.09 bits per heavy atom. The Morgan fingerprint density at radius 3 is 2.64 bits per heavy atom. The van der Waals surface area contributed by atoms with Crippen molar-refractivity contribution in [3.63, 3.8) is 0 Å². The van der Waals surface area contributed by atoms with Gasteiger partial charge in [-0.2, -0.15) is 13.2 Å². The summed E-state index contributed by atoms with van der Waals surface area (Å²) in [6.45, 7) is 3.34. The van der Waals surface area contributed by atoms with Crippen LogP contribution in [0.4, 0.5) is 18.9 Å². The molecule has 1 fully saturated rings. The highest BCUT2D eigenvalue weighted by atomic mass is 19.4. The molecule has 6 nitrogen and oxygen atoms in total. The summed E-state index contributed by atoms with van der Waals surface area (Å²) in [5.74, 6) is 0.124. The number of aromatic amines is 1. The Balaban J connectivity index is 1.12. The third-order valence-electron chi connectivity index (χ3n) is 5.94. The number of hydrogen-bond acceptors (Lipinski definition) is 4. The fraction of sp³-hybridized carbons (Fsp3) is 0.417. The summed E-state index contributed by atoms with van der Waals surface area (Å²) >= 11 is 0. The number of halogens is 3. The number of unbranched alkanes of at least 4 members (excludes halogenated alkanes) is 1. The van der Waals surface area contributed by atoms with Gasteiger partial charge in [-0.05, 0) is 62.6 Å². The number of anilines is 1. The average Bonchev–Trinajstić information content (AvgIpc) is 3.24. The van der Waals surface area contributed by atoms with Gasteiger partial charge in [0.2, 0.25) is 0 Å². The van der Waals surface area contributed by atoms with Crippen LogP contribution in [0.1, 0.15) is 41.9 Å². The Labute approximate surface area is 190 Å². The number of hydrogen-bond donors (Lipinski definition) is 3. The van der Waals surface area contributed by atoms with Gasteiger partial charge in [-0.25, -0.2) is 4.98 Å². The molecule has 2 heterocycles. The van der Waals surface area contributed by atoms with E-state index in [2.05, 4.69) is 25.5 Å². The van der Waals surface area contributed by atoms with Gasteiger partial charge in [-0.15, -0.1) is 0 Å². The summed E-state index contributed by atoms with van der Waals surface area (Å²) in [5.41, 5.74) is 1.50. The molecule has 3 N–H and O–H groups in total. The summed E-state index contributed by atoms with van der Waals surface area (Å²) in [6, 6.07) is 13.1. The van der Waals surface area contributed by atoms with Crippen LogP contribution < -0.4 is 10.6 Å². The van der Waals surface area contributed by atoms with Crippen molar-refractivity contribution in [1.29, 1.82) is 0 Å². The van der Waals surface area contributed by atoms with Crippen LogP contribution in [0.25, 0.3) is 11.0 Å². The number of imidazole rings is 1. The Bertz CT molecular complexity index is 1040. The number of likely N-dealkylation sites (tertiary alicyclic amines) is 1. The molecule has 0 spiro atoms. The van der Waals surface area contributed by atoms with Crippen LogP contribution in [0, 0.1) is 0 Å². The van der Waals surface area contributed by atoms with Gasteiger partial charge in [0.15, 0.2) is 5.82 Å². The van der Waals surface area contributed by atoms with Gasteiger partial charge in [0.05, 0.1) is 16.6 Å². The van der Waals surface area contributed by atoms with Gasteiger partial charge in [0.25, 0.3) is 5.91 Å². The molecule has 3 aromatic rings. The van der Waals surface area contributed by atoms with Gasteiger partial charge in [0.1, 0.15) is 0 Å². The zero-order valence-corrected chi connectivity index (χ0v) is 18.3. The molecule has 176 valence electrons. The number of H-pyrrole nitrogens is 1. The monoisotopic (exact) mass is 459 g/mol. The molecule has 2 aromatic carbocycles. The lowest BCUT2D eigenvalue weighted by Gasteiger charge is -2.33. The van der Waals surface area contributed by atoms with E-state index in [1.807, 2.05) is 24.3 Å². The lowest BCUT2D eigenvalue weighted by molar-refractivity contribution is -0.137. The SMILES string of the molecule is O=C(NCCCCN1CCC(Nc2cccc(C(F)(F)F)c2)CC1)c1nc2ccccc2[nH]1. The fourth-order valence-corrected chi connectivity index (χ4v) is 4.13. The highest BCUT2D eigenvalue weighted by molar-refractivity contribution is 5.94. The summed E-state index contributed by atoms with van der Waals surface area (Å²) in [7, 11) is 0. The minimum Gasteiger partial charge on any atom is -0.382 e. The molecular formula is C24H28F3N5O. The average molecular weight is 460 g/mol. The molecule has 0 aliphatic carbocycles. The van der Waals surface area contributed by atoms with E-state index in [9.17, 15) is 18.0 Å². The lowest BCUT2D eigenvalue weighted by Crippen LogP contribution is -2.39.